The SMILES string of the molecule is CCCCCc1ccc(-c2cc3ccc(SCCC(F)(F)C(F)(F)C(F)(F)C(F)(F)CCOC(=O)C(C)(C)C)cc3o2)c(C(F)(F)F)c1. The summed E-state index contributed by atoms with van der Waals surface area (Å²) in [7, 11) is 0. The fourth-order valence-electron chi connectivity index (χ4n) is 4.57. The van der Waals surface area contributed by atoms with E-state index >= 15 is 0 Å². The van der Waals surface area contributed by atoms with Crippen LogP contribution in [0.3, 0.4) is 0 Å². The van der Waals surface area contributed by atoms with Gasteiger partial charge in [-0.3, -0.25) is 4.79 Å². The van der Waals surface area contributed by atoms with Crippen molar-refractivity contribution in [2.45, 2.75) is 101 Å². The summed E-state index contributed by atoms with van der Waals surface area (Å²) in [5.41, 5.74) is -1.84. The van der Waals surface area contributed by atoms with Gasteiger partial charge in [-0.25, -0.2) is 0 Å². The van der Waals surface area contributed by atoms with Crippen LogP contribution in [0, 0.1) is 5.41 Å². The standard InChI is InChI=1S/C33H35F11O3S/c1-5-6-7-8-20-9-12-23(24(17-20)31(38,39)40)26-18-21-10-11-22(19-25(21)47-26)48-16-14-30(36,37)33(43,44)32(41,42)29(34,35)13-15-46-27(45)28(2,3)4/h9-12,17-19H,5-8,13-16H2,1-4H3. The molecule has 1 aromatic heterocycles. The topological polar surface area (TPSA) is 39.4 Å². The largest absolute Gasteiger partial charge is 0.465 e. The maximum atomic E-state index is 14.5. The van der Waals surface area contributed by atoms with Crippen LogP contribution in [0.25, 0.3) is 22.3 Å². The van der Waals surface area contributed by atoms with Crippen LogP contribution in [0.5, 0.6) is 0 Å². The molecule has 0 aliphatic carbocycles. The van der Waals surface area contributed by atoms with E-state index in [0.29, 0.717) is 35.6 Å². The number of esters is 1. The molecule has 3 nitrogen and oxygen atoms in total. The second-order valence-electron chi connectivity index (χ2n) is 12.4. The average molecular weight is 721 g/mol. The van der Waals surface area contributed by atoms with Crippen molar-refractivity contribution >= 4 is 28.7 Å². The number of aryl methyl sites for hydroxylation is 1. The maximum absolute atomic E-state index is 14.5. The van der Waals surface area contributed by atoms with Gasteiger partial charge in [-0.1, -0.05) is 31.9 Å². The number of hydrogen-bond donors (Lipinski definition) is 0. The van der Waals surface area contributed by atoms with Crippen LogP contribution in [-0.4, -0.2) is 42.0 Å². The van der Waals surface area contributed by atoms with Crippen LogP contribution in [-0.2, 0) is 22.1 Å². The number of rotatable bonds is 15. The van der Waals surface area contributed by atoms with Crippen molar-refractivity contribution in [2.24, 2.45) is 5.41 Å². The molecular weight excluding hydrogens is 685 g/mol. The molecule has 3 rings (SSSR count). The van der Waals surface area contributed by atoms with Crippen LogP contribution >= 0.6 is 11.8 Å². The number of halogens is 11. The number of furan rings is 1. The van der Waals surface area contributed by atoms with E-state index in [9.17, 15) is 53.1 Å². The van der Waals surface area contributed by atoms with Gasteiger partial charge in [0.1, 0.15) is 11.3 Å². The predicted molar refractivity (Wildman–Crippen MR) is 160 cm³/mol. The molecular formula is C33H35F11O3S. The van der Waals surface area contributed by atoms with E-state index in [0.717, 1.165) is 18.9 Å². The minimum Gasteiger partial charge on any atom is -0.465 e. The first-order chi connectivity index (χ1) is 21.9. The third-order valence-electron chi connectivity index (χ3n) is 7.47. The van der Waals surface area contributed by atoms with Crippen molar-refractivity contribution in [3.8, 4) is 11.3 Å². The highest BCUT2D eigenvalue weighted by molar-refractivity contribution is 7.99. The molecule has 1 heterocycles. The Morgan fingerprint density at radius 1 is 0.792 bits per heavy atom. The second kappa shape index (κ2) is 14.5. The molecule has 3 aromatic rings. The highest BCUT2D eigenvalue weighted by Gasteiger charge is 2.79. The maximum Gasteiger partial charge on any atom is 0.417 e. The van der Waals surface area contributed by atoms with Crippen LogP contribution in [0.4, 0.5) is 48.3 Å². The van der Waals surface area contributed by atoms with Crippen molar-refractivity contribution in [2.75, 3.05) is 12.4 Å². The zero-order valence-electron chi connectivity index (χ0n) is 26.5. The van der Waals surface area contributed by atoms with Gasteiger partial charge in [-0.2, -0.15) is 48.3 Å². The predicted octanol–water partition coefficient (Wildman–Crippen LogP) is 11.9. The number of hydrogen-bond acceptors (Lipinski definition) is 4. The highest BCUT2D eigenvalue weighted by Crippen LogP contribution is 2.55. The number of fused-ring (bicyclic) bond motifs is 1. The number of thioether (sulfide) groups is 1. The van der Waals surface area contributed by atoms with E-state index in [2.05, 4.69) is 4.74 Å². The summed E-state index contributed by atoms with van der Waals surface area (Å²) < 4.78 is 166. The van der Waals surface area contributed by atoms with E-state index in [4.69, 9.17) is 4.42 Å². The zero-order chi connectivity index (χ0) is 36.3. The smallest absolute Gasteiger partial charge is 0.417 e. The Morgan fingerprint density at radius 2 is 1.42 bits per heavy atom. The lowest BCUT2D eigenvalue weighted by Gasteiger charge is -2.36. The van der Waals surface area contributed by atoms with Crippen LogP contribution < -0.4 is 0 Å². The molecule has 48 heavy (non-hydrogen) atoms. The fourth-order valence-corrected chi connectivity index (χ4v) is 5.52. The molecule has 268 valence electrons. The molecule has 0 atom stereocenters. The van der Waals surface area contributed by atoms with Gasteiger partial charge in [-0.05, 0) is 69.5 Å². The van der Waals surface area contributed by atoms with Crippen molar-refractivity contribution in [1.82, 2.24) is 0 Å². The van der Waals surface area contributed by atoms with Crippen LogP contribution in [0.15, 0.2) is 51.8 Å². The molecule has 0 saturated heterocycles. The van der Waals surface area contributed by atoms with Crippen molar-refractivity contribution in [3.63, 3.8) is 0 Å². The Morgan fingerprint density at radius 3 is 2.00 bits per heavy atom. The lowest BCUT2D eigenvalue weighted by atomic mass is 9.95. The third kappa shape index (κ3) is 8.78. The van der Waals surface area contributed by atoms with Crippen molar-refractivity contribution in [3.05, 3.63) is 53.6 Å². The van der Waals surface area contributed by atoms with E-state index < -0.39 is 72.0 Å². The Kier molecular flexibility index (Phi) is 11.9. The van der Waals surface area contributed by atoms with Gasteiger partial charge in [0.15, 0.2) is 0 Å². The van der Waals surface area contributed by atoms with Crippen molar-refractivity contribution < 1.29 is 62.2 Å². The number of unbranched alkanes of at least 4 members (excludes halogenated alkanes) is 2. The van der Waals surface area contributed by atoms with Gasteiger partial charge in [0, 0.05) is 28.0 Å². The Balaban J connectivity index is 1.72. The van der Waals surface area contributed by atoms with Crippen LogP contribution in [0.1, 0.15) is 70.9 Å². The van der Waals surface area contributed by atoms with E-state index in [1.54, 1.807) is 6.07 Å². The molecule has 0 fully saturated rings. The molecule has 0 unspecified atom stereocenters. The summed E-state index contributed by atoms with van der Waals surface area (Å²) in [5, 5.41) is 0.335. The zero-order valence-corrected chi connectivity index (χ0v) is 27.3. The van der Waals surface area contributed by atoms with Gasteiger partial charge in [0.05, 0.1) is 24.0 Å². The van der Waals surface area contributed by atoms with Crippen molar-refractivity contribution in [1.29, 1.82) is 0 Å². The van der Waals surface area contributed by atoms with Gasteiger partial charge in [0.25, 0.3) is 0 Å². The first kappa shape index (κ1) is 39.5. The lowest BCUT2D eigenvalue weighted by molar-refractivity contribution is -0.367. The number of carbonyl (C=O) groups excluding carboxylic acids is 1. The molecule has 0 aliphatic rings. The summed E-state index contributed by atoms with van der Waals surface area (Å²) in [6.45, 7) is 4.52. The number of alkyl halides is 11. The monoisotopic (exact) mass is 720 g/mol. The molecule has 0 spiro atoms. The molecule has 0 amide bonds. The summed E-state index contributed by atoms with van der Waals surface area (Å²) in [4.78, 5) is 11.8. The molecule has 0 N–H and O–H groups in total. The molecule has 0 radical (unpaired) electrons. The van der Waals surface area contributed by atoms with Gasteiger partial charge >= 0.3 is 35.8 Å². The summed E-state index contributed by atoms with van der Waals surface area (Å²) in [5.74, 6) is -26.4. The minimum atomic E-state index is -6.51. The first-order valence-corrected chi connectivity index (χ1v) is 16.0. The number of benzene rings is 2. The van der Waals surface area contributed by atoms with Crippen LogP contribution in [0.2, 0.25) is 0 Å². The molecule has 0 bridgehead atoms. The molecule has 0 aliphatic heterocycles. The van der Waals surface area contributed by atoms with Gasteiger partial charge in [0.2, 0.25) is 0 Å². The summed E-state index contributed by atoms with van der Waals surface area (Å²) >= 11 is 0.496. The van der Waals surface area contributed by atoms with E-state index in [-0.39, 0.29) is 21.8 Å². The quantitative estimate of drug-likeness (QED) is 0.0678. The number of carbonyl (C=O) groups is 1. The summed E-state index contributed by atoms with van der Waals surface area (Å²) in [6.07, 6.45) is -5.84. The van der Waals surface area contributed by atoms with Gasteiger partial charge in [-0.15, -0.1) is 11.8 Å². The highest BCUT2D eigenvalue weighted by atomic mass is 32.2. The first-order valence-electron chi connectivity index (χ1n) is 15.0. The Hall–Kier alpha value is -2.97. The van der Waals surface area contributed by atoms with Gasteiger partial charge < -0.3 is 9.15 Å². The molecule has 2 aromatic carbocycles. The van der Waals surface area contributed by atoms with E-state index in [1.165, 1.54) is 51.1 Å². The fraction of sp³-hybridized carbons (Fsp3) is 0.545. The average Bonchev–Trinajstić information content (AvgIpc) is 3.39. The number of ether oxygens (including phenoxy) is 1. The normalized spacial score (nSPS) is 13.7. The third-order valence-corrected chi connectivity index (χ3v) is 8.47. The molecule has 0 saturated carbocycles. The van der Waals surface area contributed by atoms with E-state index in [1.807, 2.05) is 6.92 Å². The Labute approximate surface area is 274 Å². The minimum absolute atomic E-state index is 0.0329. The summed E-state index contributed by atoms with van der Waals surface area (Å²) in [6, 6.07) is 9.19. The second-order valence-corrected chi connectivity index (χ2v) is 13.6. The lowest BCUT2D eigenvalue weighted by Crippen LogP contribution is -2.62. The Bertz CT molecular complexity index is 1560. The molecule has 15 heteroatoms.